The molecule has 0 spiro atoms. The molecule has 2 N–H and O–H groups in total. The molecule has 0 amide bonds. The van der Waals surface area contributed by atoms with E-state index in [4.69, 9.17) is 5.73 Å². The van der Waals surface area contributed by atoms with Crippen molar-refractivity contribution in [3.05, 3.63) is 62.7 Å². The topological polar surface area (TPSA) is 112 Å². The smallest absolute Gasteiger partial charge is 0.293 e. The lowest BCUT2D eigenvalue weighted by atomic mass is 10.3. The average Bonchev–Trinajstić information content (AvgIpc) is 2.41. The SMILES string of the molecule is Nc1ccc(Sc2ccc([N+](=O)[O-])cc2)cc1[N+](=O)[O-]. The summed E-state index contributed by atoms with van der Waals surface area (Å²) in [6, 6.07) is 10.4. The number of hydrogen-bond acceptors (Lipinski definition) is 6. The lowest BCUT2D eigenvalue weighted by Gasteiger charge is -2.03. The number of anilines is 1. The summed E-state index contributed by atoms with van der Waals surface area (Å²) in [7, 11) is 0. The van der Waals surface area contributed by atoms with Gasteiger partial charge in [0, 0.05) is 28.0 Å². The van der Waals surface area contributed by atoms with Gasteiger partial charge >= 0.3 is 0 Å². The molecule has 0 aliphatic heterocycles. The van der Waals surface area contributed by atoms with E-state index in [-0.39, 0.29) is 17.1 Å². The van der Waals surface area contributed by atoms with Gasteiger partial charge in [-0.05, 0) is 24.3 Å². The number of nitro benzene ring substituents is 2. The minimum Gasteiger partial charge on any atom is -0.393 e. The summed E-state index contributed by atoms with van der Waals surface area (Å²) in [6.45, 7) is 0. The number of nitrogen functional groups attached to an aromatic ring is 1. The van der Waals surface area contributed by atoms with E-state index in [1.54, 1.807) is 18.2 Å². The maximum atomic E-state index is 10.8. The summed E-state index contributed by atoms with van der Waals surface area (Å²) in [5, 5.41) is 21.3. The van der Waals surface area contributed by atoms with Crippen molar-refractivity contribution in [2.75, 3.05) is 5.73 Å². The highest BCUT2D eigenvalue weighted by atomic mass is 32.2. The third-order valence-electron chi connectivity index (χ3n) is 2.48. The van der Waals surface area contributed by atoms with Gasteiger partial charge in [0.15, 0.2) is 0 Å². The van der Waals surface area contributed by atoms with Crippen molar-refractivity contribution in [2.24, 2.45) is 0 Å². The van der Waals surface area contributed by atoms with Crippen LogP contribution in [0.15, 0.2) is 52.3 Å². The first-order valence-electron chi connectivity index (χ1n) is 5.43. The van der Waals surface area contributed by atoms with Gasteiger partial charge in [0.1, 0.15) is 5.69 Å². The third kappa shape index (κ3) is 3.04. The summed E-state index contributed by atoms with van der Waals surface area (Å²) in [5.74, 6) is 0. The van der Waals surface area contributed by atoms with Gasteiger partial charge < -0.3 is 5.73 Å². The maximum absolute atomic E-state index is 10.8. The van der Waals surface area contributed by atoms with E-state index >= 15 is 0 Å². The Labute approximate surface area is 117 Å². The van der Waals surface area contributed by atoms with Crippen LogP contribution in [0.3, 0.4) is 0 Å². The molecule has 0 bridgehead atoms. The fourth-order valence-corrected chi connectivity index (χ4v) is 2.37. The van der Waals surface area contributed by atoms with Crippen LogP contribution >= 0.6 is 11.8 Å². The van der Waals surface area contributed by atoms with Crippen molar-refractivity contribution >= 4 is 28.8 Å². The highest BCUT2D eigenvalue weighted by Crippen LogP contribution is 2.33. The Balaban J connectivity index is 2.23. The van der Waals surface area contributed by atoms with E-state index < -0.39 is 9.85 Å². The molecule has 7 nitrogen and oxygen atoms in total. The van der Waals surface area contributed by atoms with Crippen molar-refractivity contribution in [1.82, 2.24) is 0 Å². The van der Waals surface area contributed by atoms with Gasteiger partial charge in [0.2, 0.25) is 0 Å². The number of rotatable bonds is 4. The highest BCUT2D eigenvalue weighted by Gasteiger charge is 2.12. The standard InChI is InChI=1S/C12H9N3O4S/c13-11-6-5-10(7-12(11)15(18)19)20-9-3-1-8(2-4-9)14(16)17/h1-7H,13H2. The van der Waals surface area contributed by atoms with Gasteiger partial charge in [0.05, 0.1) is 9.85 Å². The van der Waals surface area contributed by atoms with Crippen molar-refractivity contribution in [3.8, 4) is 0 Å². The second kappa shape index (κ2) is 5.57. The lowest BCUT2D eigenvalue weighted by molar-refractivity contribution is -0.384. The highest BCUT2D eigenvalue weighted by molar-refractivity contribution is 7.99. The quantitative estimate of drug-likeness (QED) is 0.525. The average molecular weight is 291 g/mol. The molecule has 0 saturated carbocycles. The van der Waals surface area contributed by atoms with Crippen LogP contribution in [0.5, 0.6) is 0 Å². The molecule has 0 fully saturated rings. The molecule has 2 aromatic rings. The van der Waals surface area contributed by atoms with E-state index in [1.807, 2.05) is 0 Å². The van der Waals surface area contributed by atoms with Crippen LogP contribution in [-0.4, -0.2) is 9.85 Å². The first-order valence-corrected chi connectivity index (χ1v) is 6.25. The molecular formula is C12H9N3O4S. The van der Waals surface area contributed by atoms with Gasteiger partial charge in [-0.1, -0.05) is 11.8 Å². The Morgan fingerprint density at radius 1 is 0.900 bits per heavy atom. The molecule has 102 valence electrons. The van der Waals surface area contributed by atoms with E-state index in [0.29, 0.717) is 4.90 Å². The molecule has 0 atom stereocenters. The summed E-state index contributed by atoms with van der Waals surface area (Å²) < 4.78 is 0. The molecule has 20 heavy (non-hydrogen) atoms. The molecular weight excluding hydrogens is 282 g/mol. The van der Waals surface area contributed by atoms with Crippen LogP contribution in [0.25, 0.3) is 0 Å². The van der Waals surface area contributed by atoms with E-state index in [1.165, 1.54) is 36.0 Å². The number of benzene rings is 2. The number of nitrogens with two attached hydrogens (primary N) is 1. The van der Waals surface area contributed by atoms with Gasteiger partial charge in [-0.25, -0.2) is 0 Å². The number of hydrogen-bond donors (Lipinski definition) is 1. The van der Waals surface area contributed by atoms with Crippen molar-refractivity contribution in [3.63, 3.8) is 0 Å². The summed E-state index contributed by atoms with van der Waals surface area (Å²) in [5.41, 5.74) is 5.45. The van der Waals surface area contributed by atoms with Crippen LogP contribution in [0.4, 0.5) is 17.1 Å². The minimum atomic E-state index is -0.546. The van der Waals surface area contributed by atoms with Crippen LogP contribution in [0.2, 0.25) is 0 Å². The molecule has 8 heteroatoms. The molecule has 0 unspecified atom stereocenters. The maximum Gasteiger partial charge on any atom is 0.293 e. The molecule has 0 radical (unpaired) electrons. The van der Waals surface area contributed by atoms with Gasteiger partial charge in [0.25, 0.3) is 11.4 Å². The minimum absolute atomic E-state index is 0.00219. The second-order valence-corrected chi connectivity index (χ2v) is 4.98. The summed E-state index contributed by atoms with van der Waals surface area (Å²) in [4.78, 5) is 21.7. The second-order valence-electron chi connectivity index (χ2n) is 3.83. The predicted molar refractivity (Wildman–Crippen MR) is 74.7 cm³/mol. The number of nitrogens with zero attached hydrogens (tertiary/aromatic N) is 2. The Morgan fingerprint density at radius 2 is 1.50 bits per heavy atom. The number of nitro groups is 2. The van der Waals surface area contributed by atoms with Gasteiger partial charge in [-0.15, -0.1) is 0 Å². The van der Waals surface area contributed by atoms with Gasteiger partial charge in [-0.3, -0.25) is 20.2 Å². The summed E-state index contributed by atoms with van der Waals surface area (Å²) >= 11 is 1.27. The van der Waals surface area contributed by atoms with Crippen molar-refractivity contribution < 1.29 is 9.85 Å². The zero-order valence-electron chi connectivity index (χ0n) is 10.1. The van der Waals surface area contributed by atoms with Crippen molar-refractivity contribution in [2.45, 2.75) is 9.79 Å². The van der Waals surface area contributed by atoms with Crippen LogP contribution in [0.1, 0.15) is 0 Å². The van der Waals surface area contributed by atoms with E-state index in [0.717, 1.165) is 4.90 Å². The first kappa shape index (κ1) is 13.8. The largest absolute Gasteiger partial charge is 0.393 e. The number of non-ortho nitro benzene ring substituents is 1. The van der Waals surface area contributed by atoms with Crippen molar-refractivity contribution in [1.29, 1.82) is 0 Å². The van der Waals surface area contributed by atoms with E-state index in [9.17, 15) is 20.2 Å². The monoisotopic (exact) mass is 291 g/mol. The molecule has 0 aliphatic rings. The Bertz CT molecular complexity index is 673. The molecule has 0 aromatic heterocycles. The van der Waals surface area contributed by atoms with Crippen LogP contribution in [0, 0.1) is 20.2 Å². The molecule has 2 aromatic carbocycles. The lowest BCUT2D eigenvalue weighted by Crippen LogP contribution is -1.95. The zero-order chi connectivity index (χ0) is 14.7. The fourth-order valence-electron chi connectivity index (χ4n) is 1.52. The third-order valence-corrected chi connectivity index (χ3v) is 3.48. The normalized spacial score (nSPS) is 10.2. The van der Waals surface area contributed by atoms with Gasteiger partial charge in [-0.2, -0.15) is 0 Å². The molecule has 0 saturated heterocycles. The summed E-state index contributed by atoms with van der Waals surface area (Å²) in [6.07, 6.45) is 0. The first-order chi connectivity index (χ1) is 9.47. The predicted octanol–water partition coefficient (Wildman–Crippen LogP) is 3.24. The molecule has 0 aliphatic carbocycles. The Kier molecular flexibility index (Phi) is 3.85. The molecule has 0 heterocycles. The fraction of sp³-hybridized carbons (Fsp3) is 0. The van der Waals surface area contributed by atoms with E-state index in [2.05, 4.69) is 0 Å². The zero-order valence-corrected chi connectivity index (χ0v) is 10.9. The Hall–Kier alpha value is -2.61. The van der Waals surface area contributed by atoms with Crippen LogP contribution < -0.4 is 5.73 Å². The molecule has 2 rings (SSSR count). The Morgan fingerprint density at radius 3 is 2.05 bits per heavy atom. The van der Waals surface area contributed by atoms with Crippen LogP contribution in [-0.2, 0) is 0 Å².